The van der Waals surface area contributed by atoms with Crippen LogP contribution in [0.2, 0.25) is 5.02 Å². The molecule has 0 saturated heterocycles. The van der Waals surface area contributed by atoms with Gasteiger partial charge in [0.15, 0.2) is 5.82 Å². The molecule has 0 aliphatic carbocycles. The van der Waals surface area contributed by atoms with E-state index >= 15 is 0 Å². The highest BCUT2D eigenvalue weighted by Gasteiger charge is 2.10. The summed E-state index contributed by atoms with van der Waals surface area (Å²) in [5, 5.41) is 0.404. The summed E-state index contributed by atoms with van der Waals surface area (Å²) in [5.74, 6) is 0.347. The van der Waals surface area contributed by atoms with Crippen LogP contribution in [0.1, 0.15) is 12.7 Å². The molecule has 100 valence electrons. The van der Waals surface area contributed by atoms with Gasteiger partial charge in [-0.05, 0) is 25.1 Å². The average Bonchev–Trinajstić information content (AvgIpc) is 2.38. The summed E-state index contributed by atoms with van der Waals surface area (Å²) in [7, 11) is 0. The quantitative estimate of drug-likeness (QED) is 0.936. The summed E-state index contributed by atoms with van der Waals surface area (Å²) >= 11 is 6.04. The van der Waals surface area contributed by atoms with Crippen molar-refractivity contribution in [2.45, 2.75) is 13.5 Å². The van der Waals surface area contributed by atoms with E-state index in [1.165, 1.54) is 18.2 Å². The van der Waals surface area contributed by atoms with Crippen molar-refractivity contribution in [3.8, 4) is 11.3 Å². The molecule has 4 nitrogen and oxygen atoms in total. The Kier molecular flexibility index (Phi) is 4.29. The number of hydrogen-bond acceptors (Lipinski definition) is 4. The van der Waals surface area contributed by atoms with Crippen molar-refractivity contribution in [3.63, 3.8) is 0 Å². The molecule has 0 radical (unpaired) electrons. The van der Waals surface area contributed by atoms with Crippen molar-refractivity contribution < 1.29 is 9.13 Å². The van der Waals surface area contributed by atoms with Gasteiger partial charge in [0.1, 0.15) is 18.2 Å². The Hall–Kier alpha value is -1.72. The number of hydrogen-bond donors (Lipinski definition) is 1. The second-order valence-electron chi connectivity index (χ2n) is 3.86. The van der Waals surface area contributed by atoms with E-state index in [4.69, 9.17) is 22.1 Å². The van der Waals surface area contributed by atoms with Gasteiger partial charge in [-0.1, -0.05) is 11.6 Å². The van der Waals surface area contributed by atoms with Crippen LogP contribution >= 0.6 is 11.6 Å². The SMILES string of the molecule is CCOCc1nc(N)cc(-c2cc(F)ccc2Cl)n1. The third kappa shape index (κ3) is 3.39. The van der Waals surface area contributed by atoms with Gasteiger partial charge in [0, 0.05) is 18.2 Å². The van der Waals surface area contributed by atoms with E-state index in [9.17, 15) is 4.39 Å². The van der Waals surface area contributed by atoms with Crippen LogP contribution in [0.15, 0.2) is 24.3 Å². The van der Waals surface area contributed by atoms with Crippen molar-refractivity contribution in [1.29, 1.82) is 0 Å². The molecule has 0 aliphatic rings. The third-order valence-electron chi connectivity index (χ3n) is 2.43. The third-order valence-corrected chi connectivity index (χ3v) is 2.76. The van der Waals surface area contributed by atoms with Crippen LogP contribution in [-0.4, -0.2) is 16.6 Å². The molecule has 6 heteroatoms. The van der Waals surface area contributed by atoms with E-state index in [1.807, 2.05) is 6.92 Å². The minimum Gasteiger partial charge on any atom is -0.384 e. The number of nitrogens with two attached hydrogens (primary N) is 1. The van der Waals surface area contributed by atoms with E-state index in [1.54, 1.807) is 6.07 Å². The highest BCUT2D eigenvalue weighted by atomic mass is 35.5. The van der Waals surface area contributed by atoms with Gasteiger partial charge in [-0.2, -0.15) is 0 Å². The normalized spacial score (nSPS) is 10.7. The van der Waals surface area contributed by atoms with Gasteiger partial charge in [0.05, 0.1) is 10.7 Å². The van der Waals surface area contributed by atoms with Crippen LogP contribution in [0.3, 0.4) is 0 Å². The summed E-state index contributed by atoms with van der Waals surface area (Å²) in [4.78, 5) is 8.33. The molecule has 0 aliphatic heterocycles. The molecule has 1 aromatic heterocycles. The van der Waals surface area contributed by atoms with Gasteiger partial charge >= 0.3 is 0 Å². The molecule has 0 amide bonds. The first-order chi connectivity index (χ1) is 9.10. The number of aromatic nitrogens is 2. The molecule has 2 N–H and O–H groups in total. The number of nitrogen functional groups attached to an aromatic ring is 1. The number of anilines is 1. The minimum absolute atomic E-state index is 0.251. The maximum absolute atomic E-state index is 13.3. The smallest absolute Gasteiger partial charge is 0.157 e. The summed E-state index contributed by atoms with van der Waals surface area (Å²) in [5.41, 5.74) is 6.67. The van der Waals surface area contributed by atoms with Gasteiger partial charge in [-0.25, -0.2) is 14.4 Å². The van der Waals surface area contributed by atoms with E-state index in [2.05, 4.69) is 9.97 Å². The van der Waals surface area contributed by atoms with E-state index in [0.29, 0.717) is 34.5 Å². The predicted molar refractivity (Wildman–Crippen MR) is 72.2 cm³/mol. The molecule has 0 saturated carbocycles. The highest BCUT2D eigenvalue weighted by Crippen LogP contribution is 2.28. The van der Waals surface area contributed by atoms with E-state index in [-0.39, 0.29) is 12.4 Å². The number of halogens is 2. The summed E-state index contributed by atoms with van der Waals surface area (Å²) in [6.07, 6.45) is 0. The van der Waals surface area contributed by atoms with Crippen LogP contribution in [0.25, 0.3) is 11.3 Å². The second-order valence-corrected chi connectivity index (χ2v) is 4.26. The molecular formula is C13H13ClFN3O. The maximum Gasteiger partial charge on any atom is 0.157 e. The van der Waals surface area contributed by atoms with Crippen molar-refractivity contribution in [3.05, 3.63) is 40.9 Å². The first kappa shape index (κ1) is 13.7. The molecule has 0 atom stereocenters. The minimum atomic E-state index is -0.386. The Labute approximate surface area is 115 Å². The van der Waals surface area contributed by atoms with Gasteiger partial charge in [-0.15, -0.1) is 0 Å². The number of ether oxygens (including phenoxy) is 1. The summed E-state index contributed by atoms with van der Waals surface area (Å²) < 4.78 is 18.5. The maximum atomic E-state index is 13.3. The molecule has 19 heavy (non-hydrogen) atoms. The van der Waals surface area contributed by atoms with Gasteiger partial charge < -0.3 is 10.5 Å². The molecule has 2 rings (SSSR count). The van der Waals surface area contributed by atoms with Crippen molar-refractivity contribution >= 4 is 17.4 Å². The van der Waals surface area contributed by atoms with Crippen molar-refractivity contribution in [2.24, 2.45) is 0 Å². The van der Waals surface area contributed by atoms with Crippen LogP contribution in [-0.2, 0) is 11.3 Å². The Morgan fingerprint density at radius 2 is 2.11 bits per heavy atom. The van der Waals surface area contributed by atoms with Crippen LogP contribution in [0.4, 0.5) is 10.2 Å². The fourth-order valence-corrected chi connectivity index (χ4v) is 1.82. The molecule has 0 unspecified atom stereocenters. The lowest BCUT2D eigenvalue weighted by Crippen LogP contribution is -2.03. The predicted octanol–water partition coefficient (Wildman–Crippen LogP) is 3.05. The average molecular weight is 282 g/mol. The van der Waals surface area contributed by atoms with Crippen LogP contribution in [0, 0.1) is 5.82 Å². The monoisotopic (exact) mass is 281 g/mol. The number of nitrogens with zero attached hydrogens (tertiary/aromatic N) is 2. The molecule has 0 fully saturated rings. The zero-order valence-corrected chi connectivity index (χ0v) is 11.1. The van der Waals surface area contributed by atoms with Gasteiger partial charge in [-0.3, -0.25) is 0 Å². The van der Waals surface area contributed by atoms with Gasteiger partial charge in [0.25, 0.3) is 0 Å². The zero-order valence-electron chi connectivity index (χ0n) is 10.4. The lowest BCUT2D eigenvalue weighted by Gasteiger charge is -2.07. The molecular weight excluding hydrogens is 269 g/mol. The number of benzene rings is 1. The molecule has 2 aromatic rings. The summed E-state index contributed by atoms with van der Waals surface area (Å²) in [6.45, 7) is 2.67. The molecule has 1 heterocycles. The van der Waals surface area contributed by atoms with Crippen LogP contribution in [0.5, 0.6) is 0 Å². The van der Waals surface area contributed by atoms with E-state index < -0.39 is 0 Å². The van der Waals surface area contributed by atoms with E-state index in [0.717, 1.165) is 0 Å². The zero-order chi connectivity index (χ0) is 13.8. The molecule has 0 spiro atoms. The Morgan fingerprint density at radius 3 is 2.84 bits per heavy atom. The Morgan fingerprint density at radius 1 is 1.32 bits per heavy atom. The van der Waals surface area contributed by atoms with Crippen LogP contribution < -0.4 is 5.73 Å². The standard InChI is InChI=1S/C13H13ClFN3O/c1-2-19-7-13-17-11(6-12(16)18-13)9-5-8(15)3-4-10(9)14/h3-6H,2,7H2,1H3,(H2,16,17,18). The Balaban J connectivity index is 2.43. The van der Waals surface area contributed by atoms with Gasteiger partial charge in [0.2, 0.25) is 0 Å². The summed E-state index contributed by atoms with van der Waals surface area (Å²) in [6, 6.07) is 5.63. The second kappa shape index (κ2) is 5.95. The number of rotatable bonds is 4. The lowest BCUT2D eigenvalue weighted by atomic mass is 10.1. The Bertz CT molecular complexity index is 592. The van der Waals surface area contributed by atoms with Crippen molar-refractivity contribution in [1.82, 2.24) is 9.97 Å². The fraction of sp³-hybridized carbons (Fsp3) is 0.231. The first-order valence-corrected chi connectivity index (χ1v) is 6.14. The molecule has 1 aromatic carbocycles. The van der Waals surface area contributed by atoms with Crippen molar-refractivity contribution in [2.75, 3.05) is 12.3 Å². The first-order valence-electron chi connectivity index (χ1n) is 5.76. The largest absolute Gasteiger partial charge is 0.384 e. The lowest BCUT2D eigenvalue weighted by molar-refractivity contribution is 0.128. The molecule has 0 bridgehead atoms. The highest BCUT2D eigenvalue weighted by molar-refractivity contribution is 6.33. The topological polar surface area (TPSA) is 61.0 Å². The fourth-order valence-electron chi connectivity index (χ4n) is 1.61.